The maximum atomic E-state index is 12.7. The third kappa shape index (κ3) is 4.34. The fraction of sp³-hybridized carbons (Fsp3) is 0.600. The topological polar surface area (TPSA) is 80.8 Å². The van der Waals surface area contributed by atoms with E-state index in [1.807, 2.05) is 34.6 Å². The lowest BCUT2D eigenvalue weighted by Crippen LogP contribution is -2.43. The first-order valence-corrected chi connectivity index (χ1v) is 11.1. The molecule has 0 aromatic heterocycles. The van der Waals surface area contributed by atoms with Crippen LogP contribution in [0.4, 0.5) is 0 Å². The van der Waals surface area contributed by atoms with Gasteiger partial charge in [-0.25, -0.2) is 13.2 Å². The van der Waals surface area contributed by atoms with E-state index in [9.17, 15) is 18.0 Å². The molecule has 1 heterocycles. The molecule has 1 aliphatic rings. The molecule has 7 heteroatoms. The lowest BCUT2D eigenvalue weighted by molar-refractivity contribution is -0.136. The van der Waals surface area contributed by atoms with Crippen LogP contribution in [0, 0.1) is 34.6 Å². The summed E-state index contributed by atoms with van der Waals surface area (Å²) in [5.74, 6) is -0.792. The first kappa shape index (κ1) is 21.4. The molecule has 0 spiro atoms. The van der Waals surface area contributed by atoms with E-state index in [4.69, 9.17) is 4.74 Å². The Kier molecular flexibility index (Phi) is 6.35. The molecule has 2 rings (SSSR count). The minimum absolute atomic E-state index is 0.0188. The molecular weight excluding hydrogens is 366 g/mol. The van der Waals surface area contributed by atoms with Gasteiger partial charge in [-0.1, -0.05) is 0 Å². The Balaban J connectivity index is 2.12. The highest BCUT2D eigenvalue weighted by Gasteiger charge is 2.34. The van der Waals surface area contributed by atoms with Gasteiger partial charge in [0.25, 0.3) is 5.91 Å². The van der Waals surface area contributed by atoms with Crippen molar-refractivity contribution in [2.24, 2.45) is 0 Å². The first-order chi connectivity index (χ1) is 12.5. The Hall–Kier alpha value is -1.89. The monoisotopic (exact) mass is 395 g/mol. The standard InChI is InChI=1S/C20H29NO5S/c1-7-21(17-8-9-27(24,25)11-17)18(22)10-26-20(23)19-15(5)13(3)12(2)14(4)16(19)6/h17H,7-11H2,1-6H3. The second-order valence-electron chi connectivity index (χ2n) is 7.31. The Morgan fingerprint density at radius 1 is 1.00 bits per heavy atom. The van der Waals surface area contributed by atoms with Crippen molar-refractivity contribution in [2.45, 2.75) is 54.0 Å². The van der Waals surface area contributed by atoms with Gasteiger partial charge in [0, 0.05) is 12.6 Å². The number of likely N-dealkylation sites (N-methyl/N-ethyl adjacent to an activating group) is 1. The summed E-state index contributed by atoms with van der Waals surface area (Å²) in [5, 5.41) is 0. The molecule has 1 fully saturated rings. The van der Waals surface area contributed by atoms with Gasteiger partial charge in [0.2, 0.25) is 0 Å². The van der Waals surface area contributed by atoms with Crippen molar-refractivity contribution >= 4 is 21.7 Å². The highest BCUT2D eigenvalue weighted by molar-refractivity contribution is 7.91. The van der Waals surface area contributed by atoms with Crippen molar-refractivity contribution in [3.05, 3.63) is 33.4 Å². The Labute approximate surface area is 161 Å². The summed E-state index contributed by atoms with van der Waals surface area (Å²) >= 11 is 0. The van der Waals surface area contributed by atoms with Gasteiger partial charge in [-0.05, 0) is 75.8 Å². The maximum absolute atomic E-state index is 12.7. The normalized spacial score (nSPS) is 18.4. The van der Waals surface area contributed by atoms with Crippen LogP contribution < -0.4 is 0 Å². The van der Waals surface area contributed by atoms with Crippen molar-refractivity contribution in [3.8, 4) is 0 Å². The summed E-state index contributed by atoms with van der Waals surface area (Å²) in [5.41, 5.74) is 5.47. The number of carbonyl (C=O) groups is 2. The molecule has 1 aliphatic heterocycles. The number of esters is 1. The van der Waals surface area contributed by atoms with E-state index in [0.717, 1.165) is 27.8 Å². The van der Waals surface area contributed by atoms with E-state index in [2.05, 4.69) is 0 Å². The number of carbonyl (C=O) groups excluding carboxylic acids is 2. The molecule has 0 radical (unpaired) electrons. The van der Waals surface area contributed by atoms with Crippen LogP contribution in [0.25, 0.3) is 0 Å². The maximum Gasteiger partial charge on any atom is 0.339 e. The second-order valence-corrected chi connectivity index (χ2v) is 9.54. The highest BCUT2D eigenvalue weighted by atomic mass is 32.2. The number of hydrogen-bond acceptors (Lipinski definition) is 5. The first-order valence-electron chi connectivity index (χ1n) is 9.24. The Morgan fingerprint density at radius 2 is 1.52 bits per heavy atom. The van der Waals surface area contributed by atoms with E-state index < -0.39 is 15.8 Å². The molecule has 0 bridgehead atoms. The Bertz CT molecular complexity index is 844. The highest BCUT2D eigenvalue weighted by Crippen LogP contribution is 2.26. The molecule has 1 unspecified atom stereocenters. The number of ether oxygens (including phenoxy) is 1. The van der Waals surface area contributed by atoms with Crippen molar-refractivity contribution in [3.63, 3.8) is 0 Å². The minimum Gasteiger partial charge on any atom is -0.452 e. The molecular formula is C20H29NO5S. The van der Waals surface area contributed by atoms with E-state index in [1.54, 1.807) is 6.92 Å². The van der Waals surface area contributed by atoms with Crippen LogP contribution in [-0.4, -0.2) is 55.9 Å². The third-order valence-electron chi connectivity index (χ3n) is 5.84. The van der Waals surface area contributed by atoms with E-state index in [-0.39, 0.29) is 30.1 Å². The molecule has 1 saturated heterocycles. The van der Waals surface area contributed by atoms with Gasteiger partial charge in [-0.15, -0.1) is 0 Å². The predicted octanol–water partition coefficient (Wildman–Crippen LogP) is 2.42. The third-order valence-corrected chi connectivity index (χ3v) is 7.59. The smallest absolute Gasteiger partial charge is 0.339 e. The van der Waals surface area contributed by atoms with Gasteiger partial charge in [0.05, 0.1) is 17.1 Å². The number of sulfone groups is 1. The van der Waals surface area contributed by atoms with Crippen molar-refractivity contribution in [2.75, 3.05) is 24.7 Å². The zero-order chi connectivity index (χ0) is 20.5. The number of rotatable bonds is 5. The quantitative estimate of drug-likeness (QED) is 0.715. The van der Waals surface area contributed by atoms with Gasteiger partial charge >= 0.3 is 5.97 Å². The van der Waals surface area contributed by atoms with Crippen LogP contribution in [0.5, 0.6) is 0 Å². The van der Waals surface area contributed by atoms with Crippen LogP contribution in [0.1, 0.15) is 51.5 Å². The summed E-state index contributed by atoms with van der Waals surface area (Å²) in [6, 6.07) is -0.335. The molecule has 150 valence electrons. The molecule has 1 atom stereocenters. The van der Waals surface area contributed by atoms with E-state index >= 15 is 0 Å². The molecule has 27 heavy (non-hydrogen) atoms. The number of hydrogen-bond donors (Lipinski definition) is 0. The van der Waals surface area contributed by atoms with Crippen LogP contribution in [0.3, 0.4) is 0 Å². The van der Waals surface area contributed by atoms with Crippen molar-refractivity contribution < 1.29 is 22.7 Å². The SMILES string of the molecule is CCN(C(=O)COC(=O)c1c(C)c(C)c(C)c(C)c1C)C1CCS(=O)(=O)C1. The fourth-order valence-corrected chi connectivity index (χ4v) is 5.48. The van der Waals surface area contributed by atoms with Gasteiger partial charge in [-0.2, -0.15) is 0 Å². The lowest BCUT2D eigenvalue weighted by Gasteiger charge is -2.26. The number of nitrogens with zero attached hydrogens (tertiary/aromatic N) is 1. The molecule has 0 aliphatic carbocycles. The summed E-state index contributed by atoms with van der Waals surface area (Å²) in [4.78, 5) is 26.7. The molecule has 1 aromatic carbocycles. The zero-order valence-electron chi connectivity index (χ0n) is 17.0. The minimum atomic E-state index is -3.08. The molecule has 0 N–H and O–H groups in total. The zero-order valence-corrected chi connectivity index (χ0v) is 17.8. The van der Waals surface area contributed by atoms with Crippen LogP contribution in [0.2, 0.25) is 0 Å². The van der Waals surface area contributed by atoms with Crippen LogP contribution in [0.15, 0.2) is 0 Å². The van der Waals surface area contributed by atoms with Crippen molar-refractivity contribution in [1.29, 1.82) is 0 Å². The Morgan fingerprint density at radius 3 is 1.96 bits per heavy atom. The van der Waals surface area contributed by atoms with Gasteiger partial charge < -0.3 is 9.64 Å². The van der Waals surface area contributed by atoms with E-state index in [1.165, 1.54) is 4.90 Å². The van der Waals surface area contributed by atoms with Gasteiger partial charge in [0.1, 0.15) is 0 Å². The molecule has 0 saturated carbocycles. The summed E-state index contributed by atoms with van der Waals surface area (Å²) in [6.45, 7) is 11.5. The van der Waals surface area contributed by atoms with Crippen molar-refractivity contribution in [1.82, 2.24) is 4.90 Å². The summed E-state index contributed by atoms with van der Waals surface area (Å²) in [7, 11) is -3.08. The summed E-state index contributed by atoms with van der Waals surface area (Å²) < 4.78 is 28.7. The van der Waals surface area contributed by atoms with Crippen LogP contribution in [-0.2, 0) is 19.4 Å². The molecule has 6 nitrogen and oxygen atoms in total. The molecule has 1 aromatic rings. The lowest BCUT2D eigenvalue weighted by atomic mass is 9.90. The fourth-order valence-electron chi connectivity index (χ4n) is 3.75. The second kappa shape index (κ2) is 8.00. The summed E-state index contributed by atoms with van der Waals surface area (Å²) in [6.07, 6.45) is 0.435. The number of amides is 1. The van der Waals surface area contributed by atoms with E-state index in [0.29, 0.717) is 18.5 Å². The number of benzene rings is 1. The average Bonchev–Trinajstić information content (AvgIpc) is 2.96. The van der Waals surface area contributed by atoms with Gasteiger partial charge in [-0.3, -0.25) is 4.79 Å². The molecule has 1 amide bonds. The predicted molar refractivity (Wildman–Crippen MR) is 105 cm³/mol. The van der Waals surface area contributed by atoms with Crippen LogP contribution >= 0.6 is 0 Å². The average molecular weight is 396 g/mol. The van der Waals surface area contributed by atoms with Gasteiger partial charge in [0.15, 0.2) is 16.4 Å². The largest absolute Gasteiger partial charge is 0.452 e.